The minimum Gasteiger partial charge on any atom is -0.493 e. The van der Waals surface area contributed by atoms with Crippen LogP contribution in [0.4, 0.5) is 5.95 Å². The van der Waals surface area contributed by atoms with E-state index in [1.54, 1.807) is 7.11 Å². The minimum absolute atomic E-state index is 0.412. The molecule has 0 aliphatic heterocycles. The van der Waals surface area contributed by atoms with Crippen molar-refractivity contribution < 1.29 is 9.47 Å². The molecule has 0 aliphatic rings. The summed E-state index contributed by atoms with van der Waals surface area (Å²) in [6.45, 7) is 2.94. The molecule has 0 aliphatic carbocycles. The number of H-pyrrole nitrogens is 1. The van der Waals surface area contributed by atoms with Gasteiger partial charge in [0.1, 0.15) is 6.61 Å². The molecule has 0 amide bonds. The van der Waals surface area contributed by atoms with E-state index in [2.05, 4.69) is 25.9 Å². The van der Waals surface area contributed by atoms with Crippen molar-refractivity contribution in [2.24, 2.45) is 0 Å². The molecule has 0 atom stereocenters. The fourth-order valence-electron chi connectivity index (χ4n) is 2.27. The van der Waals surface area contributed by atoms with Crippen LogP contribution >= 0.6 is 11.6 Å². The van der Waals surface area contributed by atoms with Crippen molar-refractivity contribution in [1.82, 2.24) is 20.6 Å². The Morgan fingerprint density at radius 2 is 1.96 bits per heavy atom. The van der Waals surface area contributed by atoms with E-state index in [9.17, 15) is 0 Å². The average molecular weight is 360 g/mol. The molecule has 2 aromatic carbocycles. The molecule has 1 aromatic heterocycles. The van der Waals surface area contributed by atoms with Gasteiger partial charge in [0.25, 0.3) is 5.95 Å². The maximum atomic E-state index is 6.38. The third kappa shape index (κ3) is 4.39. The first-order valence-electron chi connectivity index (χ1n) is 7.68. The molecular formula is C17H18ClN5O2. The maximum absolute atomic E-state index is 6.38. The van der Waals surface area contributed by atoms with Crippen molar-refractivity contribution >= 4 is 17.5 Å². The summed E-state index contributed by atoms with van der Waals surface area (Å²) in [6.07, 6.45) is 0. The first-order chi connectivity index (χ1) is 12.2. The highest BCUT2D eigenvalue weighted by Crippen LogP contribution is 2.37. The van der Waals surface area contributed by atoms with Crippen LogP contribution in [0.3, 0.4) is 0 Å². The van der Waals surface area contributed by atoms with Gasteiger partial charge in [-0.15, -0.1) is 5.10 Å². The van der Waals surface area contributed by atoms with Crippen LogP contribution in [-0.2, 0) is 13.2 Å². The average Bonchev–Trinajstić information content (AvgIpc) is 3.13. The van der Waals surface area contributed by atoms with E-state index in [0.717, 1.165) is 11.1 Å². The lowest BCUT2D eigenvalue weighted by atomic mass is 10.1. The van der Waals surface area contributed by atoms with Crippen molar-refractivity contribution in [3.63, 3.8) is 0 Å². The van der Waals surface area contributed by atoms with Gasteiger partial charge in [0.05, 0.1) is 12.1 Å². The number of rotatable bonds is 7. The van der Waals surface area contributed by atoms with Gasteiger partial charge in [0.15, 0.2) is 11.5 Å². The lowest BCUT2D eigenvalue weighted by Gasteiger charge is -2.14. The van der Waals surface area contributed by atoms with Gasteiger partial charge in [0.2, 0.25) is 0 Å². The van der Waals surface area contributed by atoms with E-state index in [0.29, 0.717) is 35.6 Å². The van der Waals surface area contributed by atoms with Crippen LogP contribution < -0.4 is 14.8 Å². The molecular weight excluding hydrogens is 342 g/mol. The number of aromatic amines is 1. The molecule has 0 saturated carbocycles. The van der Waals surface area contributed by atoms with E-state index in [1.807, 2.05) is 43.3 Å². The summed E-state index contributed by atoms with van der Waals surface area (Å²) >= 11 is 6.38. The summed E-state index contributed by atoms with van der Waals surface area (Å²) in [5.41, 5.74) is 3.18. The van der Waals surface area contributed by atoms with Gasteiger partial charge in [-0.05, 0) is 35.4 Å². The Labute approximate surface area is 150 Å². The number of halogens is 1. The quantitative estimate of drug-likeness (QED) is 0.672. The Balaban J connectivity index is 1.71. The minimum atomic E-state index is 0.412. The molecule has 0 unspecified atom stereocenters. The zero-order valence-electron chi connectivity index (χ0n) is 13.9. The van der Waals surface area contributed by atoms with Crippen LogP contribution in [0.2, 0.25) is 5.02 Å². The normalized spacial score (nSPS) is 10.5. The van der Waals surface area contributed by atoms with Gasteiger partial charge in [0, 0.05) is 6.54 Å². The molecule has 1 heterocycles. The van der Waals surface area contributed by atoms with Gasteiger partial charge in [-0.3, -0.25) is 0 Å². The van der Waals surface area contributed by atoms with Gasteiger partial charge in [-0.25, -0.2) is 0 Å². The summed E-state index contributed by atoms with van der Waals surface area (Å²) in [4.78, 5) is 0. The Hall–Kier alpha value is -2.80. The second kappa shape index (κ2) is 7.85. The van der Waals surface area contributed by atoms with Crippen LogP contribution in [0, 0.1) is 6.92 Å². The van der Waals surface area contributed by atoms with E-state index in [-0.39, 0.29) is 0 Å². The Morgan fingerprint density at radius 1 is 1.16 bits per heavy atom. The standard InChI is InChI=1S/C17H18ClN5O2/c1-11-3-5-12(6-4-11)10-25-16-14(18)7-13(8-15(16)24-2)9-19-17-20-22-23-21-17/h3-8H,9-10H2,1-2H3,(H2,19,20,21,22,23). The second-order valence-electron chi connectivity index (χ2n) is 5.47. The van der Waals surface area contributed by atoms with Gasteiger partial charge in [-0.2, -0.15) is 5.21 Å². The number of methoxy groups -OCH3 is 1. The third-order valence-corrected chi connectivity index (χ3v) is 3.87. The number of hydrogen-bond acceptors (Lipinski definition) is 6. The zero-order chi connectivity index (χ0) is 17.6. The maximum Gasteiger partial charge on any atom is 0.263 e. The number of tetrazole rings is 1. The van der Waals surface area contributed by atoms with Crippen molar-refractivity contribution in [2.75, 3.05) is 12.4 Å². The smallest absolute Gasteiger partial charge is 0.263 e. The Bertz CT molecular complexity index is 822. The number of nitrogens with one attached hydrogen (secondary N) is 2. The molecule has 3 rings (SSSR count). The number of ether oxygens (including phenoxy) is 2. The number of aromatic nitrogens is 4. The van der Waals surface area contributed by atoms with Crippen LogP contribution in [0.1, 0.15) is 16.7 Å². The van der Waals surface area contributed by atoms with Gasteiger partial charge >= 0.3 is 0 Å². The number of aryl methyl sites for hydroxylation is 1. The predicted molar refractivity (Wildman–Crippen MR) is 95.0 cm³/mol. The first-order valence-corrected chi connectivity index (χ1v) is 8.05. The fourth-order valence-corrected chi connectivity index (χ4v) is 2.56. The molecule has 0 spiro atoms. The van der Waals surface area contributed by atoms with E-state index >= 15 is 0 Å². The van der Waals surface area contributed by atoms with Crippen molar-refractivity contribution in [3.8, 4) is 11.5 Å². The first kappa shape index (κ1) is 17.0. The SMILES string of the molecule is COc1cc(CNc2nn[nH]n2)cc(Cl)c1OCc1ccc(C)cc1. The Kier molecular flexibility index (Phi) is 5.35. The highest BCUT2D eigenvalue weighted by molar-refractivity contribution is 6.32. The van der Waals surface area contributed by atoms with Gasteiger partial charge < -0.3 is 14.8 Å². The lowest BCUT2D eigenvalue weighted by molar-refractivity contribution is 0.284. The molecule has 2 N–H and O–H groups in total. The fraction of sp³-hybridized carbons (Fsp3) is 0.235. The third-order valence-electron chi connectivity index (χ3n) is 3.59. The summed E-state index contributed by atoms with van der Waals surface area (Å²) in [5.74, 6) is 1.51. The van der Waals surface area contributed by atoms with Crippen LogP contribution in [0.15, 0.2) is 36.4 Å². The molecule has 130 valence electrons. The molecule has 8 heteroatoms. The Morgan fingerprint density at radius 3 is 2.64 bits per heavy atom. The van der Waals surface area contributed by atoms with Crippen LogP contribution in [-0.4, -0.2) is 27.7 Å². The summed E-state index contributed by atoms with van der Waals surface area (Å²) in [7, 11) is 1.58. The molecule has 0 saturated heterocycles. The highest BCUT2D eigenvalue weighted by Gasteiger charge is 2.13. The zero-order valence-corrected chi connectivity index (χ0v) is 14.7. The number of hydrogen-bond donors (Lipinski definition) is 2. The van der Waals surface area contributed by atoms with Gasteiger partial charge in [-0.1, -0.05) is 46.5 Å². The second-order valence-corrected chi connectivity index (χ2v) is 5.88. The van der Waals surface area contributed by atoms with Crippen molar-refractivity contribution in [1.29, 1.82) is 0 Å². The van der Waals surface area contributed by atoms with Crippen molar-refractivity contribution in [3.05, 3.63) is 58.1 Å². The summed E-state index contributed by atoms with van der Waals surface area (Å²) in [5, 5.41) is 17.1. The molecule has 0 bridgehead atoms. The lowest BCUT2D eigenvalue weighted by Crippen LogP contribution is -2.03. The molecule has 0 fully saturated rings. The molecule has 0 radical (unpaired) electrons. The highest BCUT2D eigenvalue weighted by atomic mass is 35.5. The monoisotopic (exact) mass is 359 g/mol. The topological polar surface area (TPSA) is 85.0 Å². The molecule has 3 aromatic rings. The number of benzene rings is 2. The van der Waals surface area contributed by atoms with E-state index in [4.69, 9.17) is 21.1 Å². The van der Waals surface area contributed by atoms with E-state index < -0.39 is 0 Å². The van der Waals surface area contributed by atoms with Crippen LogP contribution in [0.5, 0.6) is 11.5 Å². The molecule has 7 nitrogen and oxygen atoms in total. The summed E-state index contributed by atoms with van der Waals surface area (Å²) < 4.78 is 11.3. The largest absolute Gasteiger partial charge is 0.493 e. The van der Waals surface area contributed by atoms with Crippen molar-refractivity contribution in [2.45, 2.75) is 20.1 Å². The molecule has 25 heavy (non-hydrogen) atoms. The number of anilines is 1. The summed E-state index contributed by atoms with van der Waals surface area (Å²) in [6, 6.07) is 11.8. The van der Waals surface area contributed by atoms with Crippen LogP contribution in [0.25, 0.3) is 0 Å². The predicted octanol–water partition coefficient (Wildman–Crippen LogP) is 3.36. The van der Waals surface area contributed by atoms with E-state index in [1.165, 1.54) is 5.56 Å². The number of nitrogens with zero attached hydrogens (tertiary/aromatic N) is 3.